The smallest absolute Gasteiger partial charge is 0.0836 e. The van der Waals surface area contributed by atoms with E-state index in [4.69, 9.17) is 23.2 Å². The van der Waals surface area contributed by atoms with Gasteiger partial charge in [-0.3, -0.25) is 0 Å². The van der Waals surface area contributed by atoms with Crippen molar-refractivity contribution in [2.24, 2.45) is 0 Å². The number of hydrogen-bond acceptors (Lipinski definition) is 2. The Hall–Kier alpha value is -1.03. The molecule has 1 heterocycles. The molecule has 2 rings (SSSR count). The summed E-state index contributed by atoms with van der Waals surface area (Å²) in [6.45, 7) is 5.02. The molecule has 0 saturated carbocycles. The summed E-state index contributed by atoms with van der Waals surface area (Å²) in [6.07, 6.45) is 0.958. The van der Waals surface area contributed by atoms with Crippen molar-refractivity contribution in [2.45, 2.75) is 20.3 Å². The Morgan fingerprint density at radius 3 is 2.63 bits per heavy atom. The van der Waals surface area contributed by atoms with E-state index in [0.717, 1.165) is 30.0 Å². The molecule has 0 fully saturated rings. The van der Waals surface area contributed by atoms with Crippen LogP contribution in [0.2, 0.25) is 10.0 Å². The second-order valence-corrected chi connectivity index (χ2v) is 5.35. The van der Waals surface area contributed by atoms with E-state index in [-0.39, 0.29) is 0 Å². The summed E-state index contributed by atoms with van der Waals surface area (Å²) in [5.74, 6) is 0. The maximum atomic E-state index is 6.24. The van der Waals surface area contributed by atoms with Gasteiger partial charge in [0.1, 0.15) is 0 Å². The molecule has 5 heteroatoms. The number of hydrogen-bond donors (Lipinski definition) is 1. The van der Waals surface area contributed by atoms with Crippen LogP contribution < -0.4 is 5.32 Å². The van der Waals surface area contributed by atoms with E-state index in [9.17, 15) is 0 Å². The molecule has 0 aliphatic rings. The fourth-order valence-electron chi connectivity index (χ4n) is 2.17. The Morgan fingerprint density at radius 2 is 2.00 bits per heavy atom. The van der Waals surface area contributed by atoms with E-state index in [1.54, 1.807) is 6.07 Å². The van der Waals surface area contributed by atoms with Crippen molar-refractivity contribution in [3.05, 3.63) is 45.2 Å². The molecular formula is C14H17Cl2N3. The lowest BCUT2D eigenvalue weighted by Crippen LogP contribution is -2.11. The second-order valence-electron chi connectivity index (χ2n) is 4.51. The zero-order valence-corrected chi connectivity index (χ0v) is 12.8. The Bertz CT molecular complexity index is 591. The molecule has 0 aliphatic heterocycles. The predicted molar refractivity (Wildman–Crippen MR) is 80.7 cm³/mol. The number of benzene rings is 1. The molecule has 0 saturated heterocycles. The van der Waals surface area contributed by atoms with Gasteiger partial charge >= 0.3 is 0 Å². The van der Waals surface area contributed by atoms with Crippen molar-refractivity contribution >= 4 is 23.2 Å². The molecule has 19 heavy (non-hydrogen) atoms. The van der Waals surface area contributed by atoms with Gasteiger partial charge in [0.15, 0.2) is 0 Å². The summed E-state index contributed by atoms with van der Waals surface area (Å²) in [7, 11) is 1.95. The summed E-state index contributed by atoms with van der Waals surface area (Å²) >= 11 is 12.2. The summed E-state index contributed by atoms with van der Waals surface area (Å²) in [4.78, 5) is 0. The molecule has 0 spiro atoms. The van der Waals surface area contributed by atoms with Crippen LogP contribution in [0.1, 0.15) is 17.0 Å². The van der Waals surface area contributed by atoms with Crippen molar-refractivity contribution in [3.63, 3.8) is 0 Å². The minimum atomic E-state index is 0.610. The predicted octanol–water partition coefficient (Wildman–Crippen LogP) is 3.56. The number of nitrogens with zero attached hydrogens (tertiary/aromatic N) is 2. The average molecular weight is 298 g/mol. The van der Waals surface area contributed by atoms with Crippen molar-refractivity contribution in [3.8, 4) is 5.69 Å². The minimum Gasteiger partial charge on any atom is -0.319 e. The normalized spacial score (nSPS) is 11.0. The summed E-state index contributed by atoms with van der Waals surface area (Å²) in [6, 6.07) is 5.46. The highest BCUT2D eigenvalue weighted by Gasteiger charge is 2.14. The molecule has 0 bridgehead atoms. The first-order chi connectivity index (χ1) is 9.04. The first-order valence-electron chi connectivity index (χ1n) is 6.19. The van der Waals surface area contributed by atoms with E-state index >= 15 is 0 Å². The van der Waals surface area contributed by atoms with Crippen molar-refractivity contribution in [1.29, 1.82) is 0 Å². The van der Waals surface area contributed by atoms with Gasteiger partial charge in [0, 0.05) is 10.7 Å². The first kappa shape index (κ1) is 14.4. The fraction of sp³-hybridized carbons (Fsp3) is 0.357. The van der Waals surface area contributed by atoms with Crippen molar-refractivity contribution < 1.29 is 0 Å². The van der Waals surface area contributed by atoms with Crippen LogP contribution in [0.5, 0.6) is 0 Å². The lowest BCUT2D eigenvalue weighted by molar-refractivity contribution is 0.783. The molecular weight excluding hydrogens is 281 g/mol. The van der Waals surface area contributed by atoms with Crippen molar-refractivity contribution in [2.75, 3.05) is 13.6 Å². The molecule has 3 nitrogen and oxygen atoms in total. The van der Waals surface area contributed by atoms with Gasteiger partial charge in [-0.25, -0.2) is 4.68 Å². The average Bonchev–Trinajstić information content (AvgIpc) is 2.63. The molecule has 1 aromatic heterocycles. The Morgan fingerprint density at radius 1 is 1.26 bits per heavy atom. The fourth-order valence-corrected chi connectivity index (χ4v) is 2.66. The highest BCUT2D eigenvalue weighted by atomic mass is 35.5. The van der Waals surface area contributed by atoms with Gasteiger partial charge in [-0.1, -0.05) is 23.2 Å². The zero-order valence-electron chi connectivity index (χ0n) is 11.3. The number of rotatable bonds is 4. The molecule has 0 radical (unpaired) electrons. The minimum absolute atomic E-state index is 0.610. The van der Waals surface area contributed by atoms with E-state index in [2.05, 4.69) is 17.3 Å². The number of likely N-dealkylation sites (N-methyl/N-ethyl adjacent to an activating group) is 1. The van der Waals surface area contributed by atoms with Crippen LogP contribution in [-0.4, -0.2) is 23.4 Å². The second kappa shape index (κ2) is 5.95. The van der Waals surface area contributed by atoms with Gasteiger partial charge in [0.05, 0.1) is 16.4 Å². The van der Waals surface area contributed by atoms with Crippen molar-refractivity contribution in [1.82, 2.24) is 15.1 Å². The van der Waals surface area contributed by atoms with E-state index in [1.807, 2.05) is 30.8 Å². The standard InChI is InChI=1S/C14H17Cl2N3/c1-9-12(6-7-17-3)10(2)19(18-9)14-5-4-11(15)8-13(14)16/h4-5,8,17H,6-7H2,1-3H3. The highest BCUT2D eigenvalue weighted by molar-refractivity contribution is 6.35. The van der Waals surface area contributed by atoms with Gasteiger partial charge in [-0.05, 0) is 57.6 Å². The van der Waals surface area contributed by atoms with E-state index < -0.39 is 0 Å². The third kappa shape index (κ3) is 2.94. The lowest BCUT2D eigenvalue weighted by atomic mass is 10.1. The maximum absolute atomic E-state index is 6.24. The monoisotopic (exact) mass is 297 g/mol. The third-order valence-electron chi connectivity index (χ3n) is 3.20. The molecule has 0 unspecified atom stereocenters. The highest BCUT2D eigenvalue weighted by Crippen LogP contribution is 2.26. The Kier molecular flexibility index (Phi) is 4.50. The van der Waals surface area contributed by atoms with Gasteiger partial charge in [-0.15, -0.1) is 0 Å². The Labute approximate surface area is 123 Å². The van der Waals surface area contributed by atoms with Gasteiger partial charge in [0.25, 0.3) is 0 Å². The van der Waals surface area contributed by atoms with Crippen LogP contribution in [0.4, 0.5) is 0 Å². The summed E-state index contributed by atoms with van der Waals surface area (Å²) in [5, 5.41) is 8.98. The van der Waals surface area contributed by atoms with E-state index in [1.165, 1.54) is 5.56 Å². The van der Waals surface area contributed by atoms with Crippen LogP contribution in [0.15, 0.2) is 18.2 Å². The molecule has 102 valence electrons. The number of nitrogens with one attached hydrogen (secondary N) is 1. The van der Waals surface area contributed by atoms with Crippen LogP contribution in [0, 0.1) is 13.8 Å². The number of halogens is 2. The molecule has 0 amide bonds. The topological polar surface area (TPSA) is 29.9 Å². The maximum Gasteiger partial charge on any atom is 0.0836 e. The quantitative estimate of drug-likeness (QED) is 0.935. The number of aromatic nitrogens is 2. The van der Waals surface area contributed by atoms with Gasteiger partial charge in [0.2, 0.25) is 0 Å². The lowest BCUT2D eigenvalue weighted by Gasteiger charge is -2.08. The first-order valence-corrected chi connectivity index (χ1v) is 6.95. The van der Waals surface area contributed by atoms with Crippen LogP contribution >= 0.6 is 23.2 Å². The largest absolute Gasteiger partial charge is 0.319 e. The molecule has 0 atom stereocenters. The van der Waals surface area contributed by atoms with Gasteiger partial charge < -0.3 is 5.32 Å². The van der Waals surface area contributed by atoms with Crippen LogP contribution in [-0.2, 0) is 6.42 Å². The van der Waals surface area contributed by atoms with Crippen LogP contribution in [0.25, 0.3) is 5.69 Å². The van der Waals surface area contributed by atoms with Crippen LogP contribution in [0.3, 0.4) is 0 Å². The third-order valence-corrected chi connectivity index (χ3v) is 3.74. The molecule has 2 aromatic rings. The molecule has 0 aliphatic carbocycles. The SMILES string of the molecule is CNCCc1c(C)nn(-c2ccc(Cl)cc2Cl)c1C. The molecule has 1 N–H and O–H groups in total. The molecule has 1 aromatic carbocycles. The Balaban J connectivity index is 2.45. The van der Waals surface area contributed by atoms with Gasteiger partial charge in [-0.2, -0.15) is 5.10 Å². The zero-order chi connectivity index (χ0) is 14.0. The van der Waals surface area contributed by atoms with E-state index in [0.29, 0.717) is 10.0 Å². The summed E-state index contributed by atoms with van der Waals surface area (Å²) < 4.78 is 1.89. The summed E-state index contributed by atoms with van der Waals surface area (Å²) in [5.41, 5.74) is 4.29. The number of aryl methyl sites for hydroxylation is 1.